The first-order valence-electron chi connectivity index (χ1n) is 22.7. The summed E-state index contributed by atoms with van der Waals surface area (Å²) in [6, 6.07) is 2.84. The van der Waals surface area contributed by atoms with E-state index in [-0.39, 0.29) is 53.2 Å². The number of aliphatic hydroxyl groups excluding tert-OH is 3. The molecule has 0 aliphatic carbocycles. The molecule has 0 bridgehead atoms. The summed E-state index contributed by atoms with van der Waals surface area (Å²) in [5, 5.41) is 59.6. The zero-order valence-corrected chi connectivity index (χ0v) is 42.6. The molecule has 0 spiro atoms. The Morgan fingerprint density at radius 2 is 1.57 bits per heavy atom. The van der Waals surface area contributed by atoms with Crippen molar-refractivity contribution in [2.24, 2.45) is 17.8 Å². The predicted molar refractivity (Wildman–Crippen MR) is 245 cm³/mol. The van der Waals surface area contributed by atoms with Crippen molar-refractivity contribution >= 4 is 39.2 Å². The molecule has 6 N–H and O–H groups in total. The summed E-state index contributed by atoms with van der Waals surface area (Å²) >= 11 is 12.1. The van der Waals surface area contributed by atoms with Gasteiger partial charge in [-0.3, -0.25) is 9.69 Å². The number of aliphatic hydroxyl groups is 5. The fourth-order valence-electron chi connectivity index (χ4n) is 9.95. The fourth-order valence-corrected chi connectivity index (χ4v) is 11.7. The van der Waals surface area contributed by atoms with Gasteiger partial charge in [-0.25, -0.2) is 13.1 Å². The smallest absolute Gasteiger partial charge is 0.311 e. The summed E-state index contributed by atoms with van der Waals surface area (Å²) < 4.78 is 66.7. The van der Waals surface area contributed by atoms with Crippen molar-refractivity contribution in [2.75, 3.05) is 40.8 Å². The van der Waals surface area contributed by atoms with Gasteiger partial charge in [0.15, 0.2) is 12.6 Å². The Morgan fingerprint density at radius 3 is 2.15 bits per heavy atom. The second-order valence-corrected chi connectivity index (χ2v) is 22.3. The molecule has 1 aromatic rings. The number of esters is 1. The standard InChI is InChI=1S/C45H77Cl2N3O14S/c1-14-34-45(10,56)38(52)28(6)50(12)23-24(2)21-43(8,55)40(26(4)37(27(5)41(54)62-34)63-35-22-44(9,59-13)39(53)29(7)61-35)64-42-36(51)33(17-25(3)60-42)49(11)16-15-48-65(57,58)32-19-30(46)18-31(47)20-32/h18-20,24-29,33-40,42,48,51-53,55-56H,14-17,21-23H2,1-13H3/t24-,25-,26+,27-,28-,29+,33+,34-,35+,36-,37+,38-,39+,40-,42+,43-,44-,45-/m1/s1. The van der Waals surface area contributed by atoms with Crippen LogP contribution >= 0.6 is 23.2 Å². The first-order chi connectivity index (χ1) is 30.0. The topological polar surface area (TPSA) is 226 Å². The summed E-state index contributed by atoms with van der Waals surface area (Å²) in [7, 11) is 1.06. The van der Waals surface area contributed by atoms with Crippen LogP contribution in [0.2, 0.25) is 10.0 Å². The number of hydrogen-bond acceptors (Lipinski definition) is 16. The molecule has 3 fully saturated rings. The van der Waals surface area contributed by atoms with E-state index in [1.54, 1.807) is 62.6 Å². The minimum atomic E-state index is -3.98. The number of sulfonamides is 1. The predicted octanol–water partition coefficient (Wildman–Crippen LogP) is 3.56. The van der Waals surface area contributed by atoms with Crippen LogP contribution in [-0.2, 0) is 43.2 Å². The van der Waals surface area contributed by atoms with E-state index in [4.69, 9.17) is 51.6 Å². The Morgan fingerprint density at radius 1 is 0.954 bits per heavy atom. The normalized spacial score (nSPS) is 42.3. The zero-order valence-electron chi connectivity index (χ0n) is 40.3. The Kier molecular flexibility index (Phi) is 19.6. The maximum atomic E-state index is 14.4. The van der Waals surface area contributed by atoms with Gasteiger partial charge in [0.1, 0.15) is 30.0 Å². The van der Waals surface area contributed by atoms with Gasteiger partial charge in [0.2, 0.25) is 10.0 Å². The molecule has 376 valence electrons. The molecule has 3 aliphatic heterocycles. The molecule has 3 heterocycles. The third kappa shape index (κ3) is 13.5. The van der Waals surface area contributed by atoms with Gasteiger partial charge in [0.25, 0.3) is 0 Å². The van der Waals surface area contributed by atoms with Crippen molar-refractivity contribution in [1.82, 2.24) is 14.5 Å². The molecule has 17 nitrogen and oxygen atoms in total. The van der Waals surface area contributed by atoms with Crippen LogP contribution in [0.1, 0.15) is 94.9 Å². The number of carbonyl (C=O) groups excluding carboxylic acids is 1. The number of benzene rings is 1. The average Bonchev–Trinajstić information content (AvgIpc) is 3.21. The van der Waals surface area contributed by atoms with Crippen molar-refractivity contribution in [3.63, 3.8) is 0 Å². The highest BCUT2D eigenvalue weighted by Crippen LogP contribution is 2.40. The van der Waals surface area contributed by atoms with E-state index in [1.807, 2.05) is 23.6 Å². The molecular weight excluding hydrogens is 909 g/mol. The Balaban J connectivity index is 1.73. The lowest BCUT2D eigenvalue weighted by Gasteiger charge is -2.49. The van der Waals surface area contributed by atoms with Crippen molar-refractivity contribution < 1.29 is 67.2 Å². The number of nitrogens with zero attached hydrogens (tertiary/aromatic N) is 2. The van der Waals surface area contributed by atoms with Crippen LogP contribution in [0.25, 0.3) is 0 Å². The molecule has 3 saturated heterocycles. The average molecular weight is 987 g/mol. The van der Waals surface area contributed by atoms with Crippen LogP contribution in [-0.4, -0.2) is 181 Å². The summed E-state index contributed by atoms with van der Waals surface area (Å²) in [4.78, 5) is 18.0. The lowest BCUT2D eigenvalue weighted by atomic mass is 9.77. The highest BCUT2D eigenvalue weighted by molar-refractivity contribution is 7.89. The Labute approximate surface area is 396 Å². The number of cyclic esters (lactones) is 1. The number of rotatable bonds is 12. The zero-order chi connectivity index (χ0) is 49.1. The molecule has 65 heavy (non-hydrogen) atoms. The maximum absolute atomic E-state index is 14.4. The number of likely N-dealkylation sites (N-methyl/N-ethyl adjacent to an activating group) is 2. The maximum Gasteiger partial charge on any atom is 0.311 e. The number of methoxy groups -OCH3 is 1. The van der Waals surface area contributed by atoms with Crippen LogP contribution in [0.5, 0.6) is 0 Å². The molecule has 3 aliphatic rings. The number of ether oxygens (including phenoxy) is 6. The molecule has 0 amide bonds. The summed E-state index contributed by atoms with van der Waals surface area (Å²) in [6.07, 6.45) is -9.86. The second kappa shape index (κ2) is 22.6. The van der Waals surface area contributed by atoms with Crippen LogP contribution in [0.4, 0.5) is 0 Å². The fraction of sp³-hybridized carbons (Fsp3) is 0.844. The summed E-state index contributed by atoms with van der Waals surface area (Å²) in [5.41, 5.74) is -4.63. The van der Waals surface area contributed by atoms with E-state index in [0.29, 0.717) is 13.0 Å². The van der Waals surface area contributed by atoms with Crippen LogP contribution in [0, 0.1) is 17.8 Å². The lowest BCUT2D eigenvalue weighted by Crippen LogP contribution is -2.61. The van der Waals surface area contributed by atoms with Crippen molar-refractivity contribution in [3.8, 4) is 0 Å². The first-order valence-corrected chi connectivity index (χ1v) is 25.0. The van der Waals surface area contributed by atoms with Crippen molar-refractivity contribution in [1.29, 1.82) is 0 Å². The number of carbonyl (C=O) groups is 1. The molecular formula is C45H77Cl2N3O14S. The van der Waals surface area contributed by atoms with Gasteiger partial charge in [-0.2, -0.15) is 0 Å². The van der Waals surface area contributed by atoms with Crippen LogP contribution in [0.3, 0.4) is 0 Å². The lowest BCUT2D eigenvalue weighted by molar-refractivity contribution is -0.318. The van der Waals surface area contributed by atoms with E-state index >= 15 is 0 Å². The summed E-state index contributed by atoms with van der Waals surface area (Å²) in [6.45, 7) is 17.7. The van der Waals surface area contributed by atoms with Crippen LogP contribution in [0.15, 0.2) is 23.1 Å². The first kappa shape index (κ1) is 56.3. The monoisotopic (exact) mass is 985 g/mol. The molecule has 1 aromatic carbocycles. The highest BCUT2D eigenvalue weighted by atomic mass is 35.5. The minimum Gasteiger partial charge on any atom is -0.459 e. The Hall–Kier alpha value is -1.30. The van der Waals surface area contributed by atoms with Gasteiger partial charge in [0, 0.05) is 61.2 Å². The van der Waals surface area contributed by atoms with Crippen molar-refractivity contribution in [2.45, 2.75) is 190 Å². The molecule has 4 rings (SSSR count). The van der Waals surface area contributed by atoms with E-state index in [9.17, 15) is 38.7 Å². The van der Waals surface area contributed by atoms with Gasteiger partial charge in [-0.05, 0) is 106 Å². The molecule has 18 atom stereocenters. The van der Waals surface area contributed by atoms with Gasteiger partial charge in [-0.15, -0.1) is 0 Å². The second-order valence-electron chi connectivity index (χ2n) is 19.7. The van der Waals surface area contributed by atoms with E-state index < -0.39 is 118 Å². The van der Waals surface area contributed by atoms with Crippen LogP contribution < -0.4 is 4.72 Å². The van der Waals surface area contributed by atoms with E-state index in [1.165, 1.54) is 32.2 Å². The molecule has 0 unspecified atom stereocenters. The molecule has 0 radical (unpaired) electrons. The SMILES string of the molecule is CC[C@H]1OC(=O)[C@H](C)[C@@H](O[C@H]2C[C@@](C)(OC)[C@@H](O)[C@H](C)O2)[C@H](C)[C@@H](O[C@@H]2O[C@H](C)C[C@H](N(C)CCNS(=O)(=O)c3cc(Cl)cc(Cl)c3)[C@H]2O)[C@](C)(O)C[C@@H](C)CN(C)[C@H](C)[C@@H](O)[C@]1(C)O. The van der Waals surface area contributed by atoms with E-state index in [2.05, 4.69) is 4.72 Å². The molecule has 0 saturated carbocycles. The minimum absolute atomic E-state index is 0.0222. The van der Waals surface area contributed by atoms with Gasteiger partial charge in [-0.1, -0.05) is 44.0 Å². The summed E-state index contributed by atoms with van der Waals surface area (Å²) in [5.74, 6) is -2.95. The third-order valence-corrected chi connectivity index (χ3v) is 15.9. The third-order valence-electron chi connectivity index (χ3n) is 14.0. The molecule has 0 aromatic heterocycles. The van der Waals surface area contributed by atoms with Gasteiger partial charge in [0.05, 0.1) is 46.4 Å². The number of hydrogen-bond donors (Lipinski definition) is 6. The number of nitrogens with one attached hydrogen (secondary N) is 1. The largest absolute Gasteiger partial charge is 0.459 e. The quantitative estimate of drug-likeness (QED) is 0.165. The van der Waals surface area contributed by atoms with Gasteiger partial charge < -0.3 is 58.9 Å². The van der Waals surface area contributed by atoms with Crippen molar-refractivity contribution in [3.05, 3.63) is 28.2 Å². The van der Waals surface area contributed by atoms with E-state index in [0.717, 1.165) is 0 Å². The Bertz CT molecular complexity index is 1810. The highest BCUT2D eigenvalue weighted by Gasteiger charge is 2.53. The van der Waals surface area contributed by atoms with Gasteiger partial charge >= 0.3 is 5.97 Å². The number of halogens is 2. The molecule has 20 heteroatoms.